The number of thioether (sulfide) groups is 1. The minimum atomic E-state index is -0.205. The Balaban J connectivity index is 2.04. The highest BCUT2D eigenvalue weighted by atomic mass is 32.2. The number of carbonyl (C=O) groups excluding carboxylic acids is 1. The smallest absolute Gasteiger partial charge is 0.266 e. The van der Waals surface area contributed by atoms with Crippen LogP contribution in [0.5, 0.6) is 0 Å². The van der Waals surface area contributed by atoms with Crippen LogP contribution in [0.4, 0.5) is 0 Å². The fourth-order valence-electron chi connectivity index (χ4n) is 1.53. The number of aromatic nitrogens is 2. The highest BCUT2D eigenvalue weighted by Gasteiger charge is 2.13. The normalized spacial score (nSPS) is 17.2. The van der Waals surface area contributed by atoms with Gasteiger partial charge in [0.15, 0.2) is 0 Å². The van der Waals surface area contributed by atoms with Crippen molar-refractivity contribution in [2.24, 2.45) is 4.99 Å². The van der Waals surface area contributed by atoms with E-state index in [2.05, 4.69) is 15.0 Å². The summed E-state index contributed by atoms with van der Waals surface area (Å²) >= 11 is 1.31. The molecule has 82 valence electrons. The van der Waals surface area contributed by atoms with Crippen molar-refractivity contribution in [3.8, 4) is 0 Å². The Kier molecular flexibility index (Phi) is 2.45. The number of rotatable bonds is 1. The number of hydrogen-bond acceptors (Lipinski definition) is 4. The van der Waals surface area contributed by atoms with E-state index < -0.39 is 0 Å². The molecule has 0 aliphatic carbocycles. The van der Waals surface area contributed by atoms with Gasteiger partial charge < -0.3 is 0 Å². The Morgan fingerprint density at radius 1 is 1.18 bits per heavy atom. The van der Waals surface area contributed by atoms with Crippen molar-refractivity contribution >= 4 is 40.3 Å². The molecule has 0 N–H and O–H groups in total. The lowest BCUT2D eigenvalue weighted by molar-refractivity contribution is -0.113. The Labute approximate surface area is 101 Å². The van der Waals surface area contributed by atoms with Crippen molar-refractivity contribution in [1.29, 1.82) is 0 Å². The summed E-state index contributed by atoms with van der Waals surface area (Å²) in [6.45, 7) is 0. The highest BCUT2D eigenvalue weighted by molar-refractivity contribution is 8.16. The summed E-state index contributed by atoms with van der Waals surface area (Å²) in [5.74, 6) is -0.205. The second-order valence-corrected chi connectivity index (χ2v) is 4.33. The Hall–Kier alpha value is -2.01. The van der Waals surface area contributed by atoms with Crippen LogP contribution in [0.25, 0.3) is 17.1 Å². The number of hydrogen-bond donors (Lipinski definition) is 0. The number of nitrogens with zero attached hydrogens (tertiary/aromatic N) is 3. The van der Waals surface area contributed by atoms with Crippen LogP contribution in [-0.4, -0.2) is 21.4 Å². The van der Waals surface area contributed by atoms with Crippen LogP contribution in [0.1, 0.15) is 5.69 Å². The van der Waals surface area contributed by atoms with Gasteiger partial charge in [0.1, 0.15) is 0 Å². The molecule has 5 heteroatoms. The average Bonchev–Trinajstić information content (AvgIpc) is 2.75. The molecule has 0 bridgehead atoms. The van der Waals surface area contributed by atoms with Crippen LogP contribution in [0, 0.1) is 0 Å². The molecule has 0 radical (unpaired) electrons. The molecule has 0 saturated heterocycles. The van der Waals surface area contributed by atoms with Gasteiger partial charge in [-0.15, -0.1) is 0 Å². The monoisotopic (exact) mass is 241 g/mol. The fourth-order valence-corrected chi connectivity index (χ4v) is 2.13. The van der Waals surface area contributed by atoms with E-state index in [4.69, 9.17) is 0 Å². The van der Waals surface area contributed by atoms with E-state index in [0.29, 0.717) is 4.91 Å². The van der Waals surface area contributed by atoms with Crippen LogP contribution in [0.2, 0.25) is 0 Å². The van der Waals surface area contributed by atoms with Gasteiger partial charge in [0.2, 0.25) is 0 Å². The molecule has 17 heavy (non-hydrogen) atoms. The molecule has 0 atom stereocenters. The third kappa shape index (κ3) is 1.97. The van der Waals surface area contributed by atoms with Gasteiger partial charge in [0, 0.05) is 6.20 Å². The number of carbonyl (C=O) groups is 1. The van der Waals surface area contributed by atoms with E-state index in [0.717, 1.165) is 16.7 Å². The first-order valence-electron chi connectivity index (χ1n) is 5.00. The lowest BCUT2D eigenvalue weighted by Gasteiger charge is -1.98. The maximum atomic E-state index is 11.3. The van der Waals surface area contributed by atoms with Crippen molar-refractivity contribution in [2.45, 2.75) is 0 Å². The summed E-state index contributed by atoms with van der Waals surface area (Å²) in [4.78, 5) is 24.2. The number of aliphatic imine (C=N–C) groups is 1. The summed E-state index contributed by atoms with van der Waals surface area (Å²) in [6.07, 6.45) is 3.47. The second kappa shape index (κ2) is 4.10. The number of pyridine rings is 2. The Bertz CT molecular complexity index is 664. The van der Waals surface area contributed by atoms with Crippen molar-refractivity contribution in [1.82, 2.24) is 9.97 Å². The molecule has 1 aliphatic rings. The standard InChI is InChI=1S/C12H7N3OS/c16-12-11(17-7-14-12)6-8-3-4-9-10(15-8)2-1-5-13-9/h1-7H/b11-6-. The summed E-state index contributed by atoms with van der Waals surface area (Å²) in [5.41, 5.74) is 3.94. The molecule has 2 aromatic heterocycles. The third-order valence-corrected chi connectivity index (χ3v) is 3.07. The average molecular weight is 241 g/mol. The summed E-state index contributed by atoms with van der Waals surface area (Å²) in [6, 6.07) is 7.46. The molecular formula is C12H7N3OS. The van der Waals surface area contributed by atoms with Crippen LogP contribution in [0.3, 0.4) is 0 Å². The van der Waals surface area contributed by atoms with E-state index in [1.54, 1.807) is 12.3 Å². The second-order valence-electron chi connectivity index (χ2n) is 3.44. The van der Waals surface area contributed by atoms with E-state index in [1.165, 1.54) is 17.3 Å². The van der Waals surface area contributed by atoms with Crippen molar-refractivity contribution in [2.75, 3.05) is 0 Å². The molecule has 0 aromatic carbocycles. The first-order valence-corrected chi connectivity index (χ1v) is 5.88. The predicted molar refractivity (Wildman–Crippen MR) is 68.6 cm³/mol. The zero-order valence-corrected chi connectivity index (χ0v) is 9.52. The number of amides is 1. The maximum Gasteiger partial charge on any atom is 0.284 e. The van der Waals surface area contributed by atoms with Gasteiger partial charge in [-0.3, -0.25) is 9.78 Å². The minimum Gasteiger partial charge on any atom is -0.266 e. The van der Waals surface area contributed by atoms with E-state index in [1.807, 2.05) is 24.3 Å². The summed E-state index contributed by atoms with van der Waals surface area (Å²) < 4.78 is 0. The van der Waals surface area contributed by atoms with Crippen molar-refractivity contribution in [3.05, 3.63) is 41.1 Å². The van der Waals surface area contributed by atoms with E-state index in [-0.39, 0.29) is 5.91 Å². The molecular weight excluding hydrogens is 234 g/mol. The summed E-state index contributed by atoms with van der Waals surface area (Å²) in [5, 5.41) is 0. The van der Waals surface area contributed by atoms with Crippen LogP contribution in [-0.2, 0) is 4.79 Å². The van der Waals surface area contributed by atoms with Crippen molar-refractivity contribution in [3.63, 3.8) is 0 Å². The zero-order valence-electron chi connectivity index (χ0n) is 8.70. The molecule has 0 spiro atoms. The first-order chi connectivity index (χ1) is 8.33. The zero-order chi connectivity index (χ0) is 11.7. The molecule has 0 unspecified atom stereocenters. The van der Waals surface area contributed by atoms with Gasteiger partial charge in [-0.2, -0.15) is 0 Å². The molecule has 0 fully saturated rings. The first kappa shape index (κ1) is 10.2. The highest BCUT2D eigenvalue weighted by Crippen LogP contribution is 2.23. The number of fused-ring (bicyclic) bond motifs is 1. The fraction of sp³-hybridized carbons (Fsp3) is 0. The minimum absolute atomic E-state index is 0.205. The lowest BCUT2D eigenvalue weighted by atomic mass is 10.2. The van der Waals surface area contributed by atoms with E-state index >= 15 is 0 Å². The molecule has 4 nitrogen and oxygen atoms in total. The predicted octanol–water partition coefficient (Wildman–Crippen LogP) is 2.27. The van der Waals surface area contributed by atoms with Gasteiger partial charge >= 0.3 is 0 Å². The van der Waals surface area contributed by atoms with E-state index in [9.17, 15) is 4.79 Å². The van der Waals surface area contributed by atoms with Gasteiger partial charge in [0.05, 0.1) is 27.2 Å². The van der Waals surface area contributed by atoms with Gasteiger partial charge in [-0.05, 0) is 30.3 Å². The largest absolute Gasteiger partial charge is 0.284 e. The SMILES string of the molecule is O=C1N=CS/C1=C\c1ccc2ncccc2n1. The third-order valence-electron chi connectivity index (χ3n) is 2.32. The van der Waals surface area contributed by atoms with Crippen LogP contribution < -0.4 is 0 Å². The molecule has 3 rings (SSSR count). The molecule has 1 aliphatic heterocycles. The van der Waals surface area contributed by atoms with Gasteiger partial charge in [-0.25, -0.2) is 9.98 Å². The molecule has 1 amide bonds. The van der Waals surface area contributed by atoms with Gasteiger partial charge in [-0.1, -0.05) is 11.8 Å². The Morgan fingerprint density at radius 3 is 2.94 bits per heavy atom. The molecule has 0 saturated carbocycles. The molecule has 2 aromatic rings. The molecule has 3 heterocycles. The van der Waals surface area contributed by atoms with Gasteiger partial charge in [0.25, 0.3) is 5.91 Å². The topological polar surface area (TPSA) is 55.2 Å². The quantitative estimate of drug-likeness (QED) is 0.719. The van der Waals surface area contributed by atoms with Crippen LogP contribution in [0.15, 0.2) is 40.4 Å². The Morgan fingerprint density at radius 2 is 2.12 bits per heavy atom. The maximum absolute atomic E-state index is 11.3. The van der Waals surface area contributed by atoms with Crippen molar-refractivity contribution < 1.29 is 4.79 Å². The summed E-state index contributed by atoms with van der Waals surface area (Å²) in [7, 11) is 0. The van der Waals surface area contributed by atoms with Crippen LogP contribution >= 0.6 is 11.8 Å². The lowest BCUT2D eigenvalue weighted by Crippen LogP contribution is -1.90.